The predicted octanol–water partition coefficient (Wildman–Crippen LogP) is 3.72. The number of anilines is 1. The molecule has 2 N–H and O–H groups in total. The number of benzene rings is 2. The molecule has 0 fully saturated rings. The minimum Gasteiger partial charge on any atom is -0.382 e. The third-order valence-corrected chi connectivity index (χ3v) is 5.90. The Bertz CT molecular complexity index is 1320. The van der Waals surface area contributed by atoms with Gasteiger partial charge in [0.05, 0.1) is 42.6 Å². The van der Waals surface area contributed by atoms with Gasteiger partial charge in [-0.05, 0) is 18.2 Å². The smallest absolute Gasteiger partial charge is 0.152 e. The molecular weight excluding hydrogens is 410 g/mol. The van der Waals surface area contributed by atoms with Crippen LogP contribution in [0.2, 0.25) is 0 Å². The Hall–Kier alpha value is -3.43. The highest BCUT2D eigenvalue weighted by molar-refractivity contribution is 7.98. The first-order valence-corrected chi connectivity index (χ1v) is 10.9. The number of hydrogen-bond donors (Lipinski definition) is 1. The summed E-state index contributed by atoms with van der Waals surface area (Å²) in [6, 6.07) is 18.2. The fourth-order valence-electron chi connectivity index (χ4n) is 3.44. The van der Waals surface area contributed by atoms with Gasteiger partial charge in [0.25, 0.3) is 0 Å². The van der Waals surface area contributed by atoms with E-state index in [2.05, 4.69) is 37.0 Å². The van der Waals surface area contributed by atoms with Crippen LogP contribution < -0.4 is 5.73 Å². The summed E-state index contributed by atoms with van der Waals surface area (Å²) in [5, 5.41) is 9.40. The van der Waals surface area contributed by atoms with E-state index < -0.39 is 0 Å². The molecule has 8 nitrogen and oxygen atoms in total. The molecule has 0 aliphatic carbocycles. The van der Waals surface area contributed by atoms with E-state index in [0.29, 0.717) is 31.5 Å². The average Bonchev–Trinajstić information content (AvgIpc) is 3.44. The molecule has 3 aromatic heterocycles. The molecule has 0 radical (unpaired) electrons. The molecule has 5 rings (SSSR count). The maximum absolute atomic E-state index is 6.09. The summed E-state index contributed by atoms with van der Waals surface area (Å²) in [7, 11) is 0. The second-order valence-electron chi connectivity index (χ2n) is 7.04. The maximum Gasteiger partial charge on any atom is 0.152 e. The number of rotatable bonds is 8. The molecule has 0 aliphatic heterocycles. The number of nitrogens with zero attached hydrogens (tertiary/aromatic N) is 6. The molecule has 0 atom stereocenters. The predicted molar refractivity (Wildman–Crippen MR) is 121 cm³/mol. The summed E-state index contributed by atoms with van der Waals surface area (Å²) in [4.78, 5) is 10.1. The van der Waals surface area contributed by atoms with E-state index in [9.17, 15) is 0 Å². The van der Waals surface area contributed by atoms with Gasteiger partial charge in [0.2, 0.25) is 0 Å². The Morgan fingerprint density at radius 2 is 1.87 bits per heavy atom. The summed E-state index contributed by atoms with van der Waals surface area (Å²) in [5.41, 5.74) is 9.46. The van der Waals surface area contributed by atoms with E-state index in [-0.39, 0.29) is 0 Å². The Kier molecular flexibility index (Phi) is 5.51. The quantitative estimate of drug-likeness (QED) is 0.295. The van der Waals surface area contributed by atoms with E-state index in [1.807, 2.05) is 53.3 Å². The standard InChI is InChI=1S/C22H21N7OS/c23-22-20-21(18-8-4-5-9-19(18)25-22)28(14-24-20)10-11-30-13-16-12-29(27-26-16)15-31-17-6-2-1-3-7-17/h1-9,12,14H,10-11,13,15H2,(H2,23,25). The van der Waals surface area contributed by atoms with Crippen LogP contribution in [0.1, 0.15) is 5.69 Å². The zero-order chi connectivity index (χ0) is 21.0. The van der Waals surface area contributed by atoms with Gasteiger partial charge in [-0.15, -0.1) is 16.9 Å². The zero-order valence-electron chi connectivity index (χ0n) is 16.8. The molecule has 0 aliphatic rings. The van der Waals surface area contributed by atoms with Gasteiger partial charge >= 0.3 is 0 Å². The molecule has 0 unspecified atom stereocenters. The van der Waals surface area contributed by atoms with Crippen LogP contribution in [-0.2, 0) is 23.8 Å². The zero-order valence-corrected chi connectivity index (χ0v) is 17.6. The number of aromatic nitrogens is 6. The number of hydrogen-bond acceptors (Lipinski definition) is 7. The van der Waals surface area contributed by atoms with Crippen molar-refractivity contribution in [3.05, 3.63) is 72.8 Å². The molecule has 31 heavy (non-hydrogen) atoms. The molecule has 156 valence electrons. The van der Waals surface area contributed by atoms with Crippen LogP contribution in [0.25, 0.3) is 21.9 Å². The average molecular weight is 432 g/mol. The highest BCUT2D eigenvalue weighted by atomic mass is 32.2. The Balaban J connectivity index is 1.19. The van der Waals surface area contributed by atoms with E-state index in [4.69, 9.17) is 10.5 Å². The number of nitrogens with two attached hydrogens (primary N) is 1. The maximum atomic E-state index is 6.09. The largest absolute Gasteiger partial charge is 0.382 e. The molecule has 5 aromatic rings. The number of ether oxygens (including phenoxy) is 1. The SMILES string of the molecule is Nc1nc2ccccc2c2c1ncn2CCOCc1cn(CSc2ccccc2)nn1. The van der Waals surface area contributed by atoms with Gasteiger partial charge in [-0.3, -0.25) is 0 Å². The van der Waals surface area contributed by atoms with Crippen LogP contribution in [0, 0.1) is 0 Å². The Morgan fingerprint density at radius 1 is 1.03 bits per heavy atom. The number of imidazole rings is 1. The molecule has 0 saturated carbocycles. The van der Waals surface area contributed by atoms with Crippen LogP contribution in [0.3, 0.4) is 0 Å². The minimum absolute atomic E-state index is 0.410. The highest BCUT2D eigenvalue weighted by Gasteiger charge is 2.12. The second kappa shape index (κ2) is 8.75. The Morgan fingerprint density at radius 3 is 2.77 bits per heavy atom. The topological polar surface area (TPSA) is 96.7 Å². The summed E-state index contributed by atoms with van der Waals surface area (Å²) in [5.74, 6) is 1.15. The van der Waals surface area contributed by atoms with Gasteiger partial charge in [0, 0.05) is 16.8 Å². The van der Waals surface area contributed by atoms with Crippen molar-refractivity contribution >= 4 is 39.5 Å². The highest BCUT2D eigenvalue weighted by Crippen LogP contribution is 2.26. The first kappa shape index (κ1) is 19.5. The lowest BCUT2D eigenvalue weighted by molar-refractivity contribution is 0.111. The van der Waals surface area contributed by atoms with Crippen molar-refractivity contribution in [2.45, 2.75) is 23.9 Å². The van der Waals surface area contributed by atoms with Gasteiger partial charge < -0.3 is 15.0 Å². The van der Waals surface area contributed by atoms with Crippen LogP contribution >= 0.6 is 11.8 Å². The summed E-state index contributed by atoms with van der Waals surface area (Å²) in [6.07, 6.45) is 3.71. The van der Waals surface area contributed by atoms with Crippen molar-refractivity contribution in [2.75, 3.05) is 12.3 Å². The summed E-state index contributed by atoms with van der Waals surface area (Å²) < 4.78 is 9.72. The van der Waals surface area contributed by atoms with Crippen molar-refractivity contribution < 1.29 is 4.74 Å². The minimum atomic E-state index is 0.410. The second-order valence-corrected chi connectivity index (χ2v) is 8.06. The van der Waals surface area contributed by atoms with E-state index >= 15 is 0 Å². The van der Waals surface area contributed by atoms with Crippen LogP contribution in [0.15, 0.2) is 72.0 Å². The van der Waals surface area contributed by atoms with Crippen molar-refractivity contribution in [1.29, 1.82) is 0 Å². The number of pyridine rings is 1. The summed E-state index contributed by atoms with van der Waals surface area (Å²) in [6.45, 7) is 1.59. The molecular formula is C22H21N7OS. The van der Waals surface area contributed by atoms with Gasteiger partial charge in [0.1, 0.15) is 11.2 Å². The molecule has 0 saturated heterocycles. The first-order chi connectivity index (χ1) is 15.3. The normalized spacial score (nSPS) is 11.5. The monoisotopic (exact) mass is 431 g/mol. The molecule has 0 bridgehead atoms. The van der Waals surface area contributed by atoms with Crippen molar-refractivity contribution in [2.24, 2.45) is 0 Å². The van der Waals surface area contributed by atoms with Crippen molar-refractivity contribution in [3.8, 4) is 0 Å². The van der Waals surface area contributed by atoms with Gasteiger partial charge in [-0.25, -0.2) is 14.6 Å². The third kappa shape index (κ3) is 4.23. The van der Waals surface area contributed by atoms with E-state index in [0.717, 1.165) is 27.6 Å². The lowest BCUT2D eigenvalue weighted by atomic mass is 10.2. The molecule has 2 aromatic carbocycles. The number of thioether (sulfide) groups is 1. The first-order valence-electron chi connectivity index (χ1n) is 9.91. The lowest BCUT2D eigenvalue weighted by Crippen LogP contribution is -2.06. The van der Waals surface area contributed by atoms with E-state index in [1.54, 1.807) is 18.1 Å². The summed E-state index contributed by atoms with van der Waals surface area (Å²) >= 11 is 1.71. The fraction of sp³-hybridized carbons (Fsp3) is 0.182. The molecule has 0 amide bonds. The van der Waals surface area contributed by atoms with Crippen LogP contribution in [0.4, 0.5) is 5.82 Å². The van der Waals surface area contributed by atoms with Crippen molar-refractivity contribution in [3.63, 3.8) is 0 Å². The lowest BCUT2D eigenvalue weighted by Gasteiger charge is -2.08. The van der Waals surface area contributed by atoms with Gasteiger partial charge in [0.15, 0.2) is 5.82 Å². The van der Waals surface area contributed by atoms with Crippen LogP contribution in [0.5, 0.6) is 0 Å². The fourth-order valence-corrected chi connectivity index (χ4v) is 4.20. The van der Waals surface area contributed by atoms with Gasteiger partial charge in [-0.2, -0.15) is 0 Å². The number of fused-ring (bicyclic) bond motifs is 3. The Labute approximate surface area is 183 Å². The van der Waals surface area contributed by atoms with Crippen molar-refractivity contribution in [1.82, 2.24) is 29.5 Å². The van der Waals surface area contributed by atoms with Gasteiger partial charge in [-0.1, -0.05) is 41.6 Å². The number of para-hydroxylation sites is 1. The number of nitrogen functional groups attached to an aromatic ring is 1. The molecule has 0 spiro atoms. The third-order valence-electron chi connectivity index (χ3n) is 4.90. The van der Waals surface area contributed by atoms with E-state index in [1.165, 1.54) is 4.90 Å². The molecule has 9 heteroatoms. The van der Waals surface area contributed by atoms with Crippen LogP contribution in [-0.4, -0.2) is 36.1 Å². The molecule has 3 heterocycles.